The molecule has 1 unspecified atom stereocenters. The van der Waals surface area contributed by atoms with Gasteiger partial charge in [0.2, 0.25) is 0 Å². The molecule has 2 aliphatic heterocycles. The fraction of sp³-hybridized carbons (Fsp3) is 0.476. The largest absolute Gasteiger partial charge is 0.366 e. The molecule has 1 aromatic carbocycles. The Hall–Kier alpha value is -2.21. The highest BCUT2D eigenvalue weighted by Crippen LogP contribution is 2.43. The average Bonchev–Trinajstić information content (AvgIpc) is 2.60. The van der Waals surface area contributed by atoms with Gasteiger partial charge in [-0.1, -0.05) is 19.9 Å². The predicted molar refractivity (Wildman–Crippen MR) is 113 cm³/mol. The molecule has 2 heterocycles. The molecule has 1 aromatic rings. The number of carbonyl (C=O) groups excluding carboxylic acids is 2. The summed E-state index contributed by atoms with van der Waals surface area (Å²) in [5, 5.41) is 2.69. The highest BCUT2D eigenvalue weighted by atomic mass is 32.1. The molecule has 0 radical (unpaired) electrons. The summed E-state index contributed by atoms with van der Waals surface area (Å²) in [7, 11) is 1.57. The van der Waals surface area contributed by atoms with E-state index in [4.69, 9.17) is 12.2 Å². The topological polar surface area (TPSA) is 52.7 Å². The minimum atomic E-state index is -0.442. The fourth-order valence-corrected chi connectivity index (χ4v) is 4.33. The number of fused-ring (bicyclic) bond motifs is 1. The lowest BCUT2D eigenvalue weighted by atomic mass is 9.79. The first-order valence-corrected chi connectivity index (χ1v) is 9.83. The van der Waals surface area contributed by atoms with E-state index in [2.05, 4.69) is 50.0 Å². The Morgan fingerprint density at radius 1 is 1.33 bits per heavy atom. The quantitative estimate of drug-likeness (QED) is 0.492. The van der Waals surface area contributed by atoms with E-state index in [1.165, 1.54) is 16.2 Å². The van der Waals surface area contributed by atoms with Gasteiger partial charge < -0.3 is 4.90 Å². The number of likely N-dealkylation sites (N-methyl/N-ethyl adjacent to an activating group) is 1. The van der Waals surface area contributed by atoms with Crippen LogP contribution in [0.2, 0.25) is 0 Å². The van der Waals surface area contributed by atoms with Crippen molar-refractivity contribution in [3.05, 3.63) is 34.9 Å². The van der Waals surface area contributed by atoms with E-state index in [1.54, 1.807) is 13.1 Å². The summed E-state index contributed by atoms with van der Waals surface area (Å²) in [6, 6.07) is 6.21. The monoisotopic (exact) mass is 385 g/mol. The van der Waals surface area contributed by atoms with Crippen molar-refractivity contribution in [2.45, 2.75) is 52.0 Å². The Balaban J connectivity index is 2.01. The Kier molecular flexibility index (Phi) is 5.12. The summed E-state index contributed by atoms with van der Waals surface area (Å²) in [6.45, 7) is 10.0. The Labute approximate surface area is 166 Å². The Bertz CT molecular complexity index is 844. The molecule has 0 aromatic heterocycles. The molecule has 1 N–H and O–H groups in total. The lowest BCUT2D eigenvalue weighted by molar-refractivity contribution is -0.128. The third-order valence-corrected chi connectivity index (χ3v) is 5.85. The van der Waals surface area contributed by atoms with Crippen molar-refractivity contribution in [3.8, 4) is 0 Å². The van der Waals surface area contributed by atoms with E-state index in [1.807, 2.05) is 6.07 Å². The first-order chi connectivity index (χ1) is 12.7. The molecule has 1 fully saturated rings. The van der Waals surface area contributed by atoms with Crippen LogP contribution in [0.5, 0.6) is 0 Å². The molecule has 2 amide bonds. The third kappa shape index (κ3) is 3.50. The van der Waals surface area contributed by atoms with E-state index in [9.17, 15) is 9.59 Å². The van der Waals surface area contributed by atoms with Crippen LogP contribution < -0.4 is 10.2 Å². The average molecular weight is 386 g/mol. The standard InChI is InChI=1S/C21H27N3O2S/c1-6-9-24-17-8-7-14(10-15(17)13(2)12-21(24,3)4)11-16-18(25)22-20(27)23(5)19(16)26/h7-8,10-11,13H,6,9,12H2,1-5H3,(H,22,25,27)/b16-11-. The Morgan fingerprint density at radius 3 is 2.70 bits per heavy atom. The second-order valence-electron chi connectivity index (χ2n) is 8.07. The van der Waals surface area contributed by atoms with Crippen LogP contribution in [-0.2, 0) is 9.59 Å². The van der Waals surface area contributed by atoms with Crippen LogP contribution in [0.4, 0.5) is 5.69 Å². The number of hydrogen-bond donors (Lipinski definition) is 1. The van der Waals surface area contributed by atoms with E-state index in [-0.39, 0.29) is 22.1 Å². The second-order valence-corrected chi connectivity index (χ2v) is 8.46. The van der Waals surface area contributed by atoms with Crippen LogP contribution in [0, 0.1) is 0 Å². The number of hydrogen-bond acceptors (Lipinski definition) is 4. The number of benzene rings is 1. The van der Waals surface area contributed by atoms with Gasteiger partial charge in [-0.25, -0.2) is 0 Å². The van der Waals surface area contributed by atoms with Gasteiger partial charge in [0.25, 0.3) is 11.8 Å². The van der Waals surface area contributed by atoms with Crippen molar-refractivity contribution in [2.75, 3.05) is 18.5 Å². The summed E-state index contributed by atoms with van der Waals surface area (Å²) >= 11 is 5.00. The number of anilines is 1. The van der Waals surface area contributed by atoms with Crippen molar-refractivity contribution in [1.29, 1.82) is 0 Å². The first-order valence-electron chi connectivity index (χ1n) is 9.42. The van der Waals surface area contributed by atoms with Crippen LogP contribution in [0.3, 0.4) is 0 Å². The van der Waals surface area contributed by atoms with Crippen LogP contribution >= 0.6 is 12.2 Å². The van der Waals surface area contributed by atoms with Crippen molar-refractivity contribution >= 4 is 40.9 Å². The second kappa shape index (κ2) is 7.08. The summed E-state index contributed by atoms with van der Waals surface area (Å²) in [5.41, 5.74) is 3.60. The molecule has 1 atom stereocenters. The smallest absolute Gasteiger partial charge is 0.265 e. The summed E-state index contributed by atoms with van der Waals surface area (Å²) in [6.07, 6.45) is 3.81. The molecule has 0 spiro atoms. The molecule has 0 saturated carbocycles. The van der Waals surface area contributed by atoms with Gasteiger partial charge in [-0.15, -0.1) is 0 Å². The SMILES string of the molecule is CCCN1c2ccc(/C=C3/C(=O)NC(=S)N(C)C3=O)cc2C(C)CC1(C)C. The zero-order chi connectivity index (χ0) is 19.9. The van der Waals surface area contributed by atoms with Crippen LogP contribution in [0.15, 0.2) is 23.8 Å². The molecule has 1 saturated heterocycles. The normalized spacial score (nSPS) is 23.5. The van der Waals surface area contributed by atoms with Crippen LogP contribution in [0.1, 0.15) is 57.6 Å². The van der Waals surface area contributed by atoms with Crippen molar-refractivity contribution in [3.63, 3.8) is 0 Å². The molecule has 0 bridgehead atoms. The molecular weight excluding hydrogens is 358 g/mol. The maximum Gasteiger partial charge on any atom is 0.265 e. The fourth-order valence-electron chi connectivity index (χ4n) is 4.16. The number of rotatable bonds is 3. The van der Waals surface area contributed by atoms with Crippen LogP contribution in [-0.4, -0.2) is 41.0 Å². The lowest BCUT2D eigenvalue weighted by Crippen LogP contribution is -2.52. The van der Waals surface area contributed by atoms with Crippen molar-refractivity contribution in [2.24, 2.45) is 0 Å². The minimum Gasteiger partial charge on any atom is -0.366 e. The van der Waals surface area contributed by atoms with Gasteiger partial charge in [0, 0.05) is 24.8 Å². The van der Waals surface area contributed by atoms with E-state index in [0.29, 0.717) is 5.92 Å². The molecule has 27 heavy (non-hydrogen) atoms. The van der Waals surface area contributed by atoms with Gasteiger partial charge in [-0.3, -0.25) is 19.8 Å². The summed E-state index contributed by atoms with van der Waals surface area (Å²) in [5.74, 6) is -0.404. The maximum absolute atomic E-state index is 12.4. The highest BCUT2D eigenvalue weighted by Gasteiger charge is 2.36. The van der Waals surface area contributed by atoms with Gasteiger partial charge in [0.1, 0.15) is 5.57 Å². The zero-order valence-electron chi connectivity index (χ0n) is 16.6. The third-order valence-electron chi connectivity index (χ3n) is 5.47. The molecule has 3 rings (SSSR count). The van der Waals surface area contributed by atoms with Gasteiger partial charge >= 0.3 is 0 Å². The first kappa shape index (κ1) is 19.5. The maximum atomic E-state index is 12.4. The van der Waals surface area contributed by atoms with Crippen LogP contribution in [0.25, 0.3) is 6.08 Å². The number of carbonyl (C=O) groups is 2. The van der Waals surface area contributed by atoms with E-state index >= 15 is 0 Å². The van der Waals surface area contributed by atoms with Gasteiger partial charge in [0.05, 0.1) is 0 Å². The summed E-state index contributed by atoms with van der Waals surface area (Å²) in [4.78, 5) is 28.4. The van der Waals surface area contributed by atoms with Gasteiger partial charge in [-0.05, 0) is 74.2 Å². The molecular formula is C21H27N3O2S. The number of amides is 2. The number of nitrogens with one attached hydrogen (secondary N) is 1. The summed E-state index contributed by atoms with van der Waals surface area (Å²) < 4.78 is 0. The van der Waals surface area contributed by atoms with Crippen molar-refractivity contribution < 1.29 is 9.59 Å². The van der Waals surface area contributed by atoms with E-state index < -0.39 is 5.91 Å². The molecule has 6 heteroatoms. The molecule has 5 nitrogen and oxygen atoms in total. The molecule has 0 aliphatic carbocycles. The van der Waals surface area contributed by atoms with Gasteiger partial charge in [-0.2, -0.15) is 0 Å². The zero-order valence-corrected chi connectivity index (χ0v) is 17.4. The number of thiocarbonyl (C=S) groups is 1. The van der Waals surface area contributed by atoms with Crippen molar-refractivity contribution in [1.82, 2.24) is 10.2 Å². The predicted octanol–water partition coefficient (Wildman–Crippen LogP) is 3.45. The van der Waals surface area contributed by atoms with Gasteiger partial charge in [0.15, 0.2) is 5.11 Å². The Morgan fingerprint density at radius 2 is 2.04 bits per heavy atom. The van der Waals surface area contributed by atoms with E-state index in [0.717, 1.165) is 24.9 Å². The molecule has 2 aliphatic rings. The minimum absolute atomic E-state index is 0.111. The lowest BCUT2D eigenvalue weighted by Gasteiger charge is -2.47. The highest BCUT2D eigenvalue weighted by molar-refractivity contribution is 7.80. The number of nitrogens with zero attached hydrogens (tertiary/aromatic N) is 2. The molecule has 144 valence electrons.